The van der Waals surface area contributed by atoms with E-state index in [9.17, 15) is 0 Å². The molecule has 0 atom stereocenters. The number of aryl methyl sites for hydroxylation is 1. The number of nitrogens with zero attached hydrogens (tertiary/aromatic N) is 3. The first kappa shape index (κ1) is 14.4. The molecule has 106 valence electrons. The summed E-state index contributed by atoms with van der Waals surface area (Å²) in [6.07, 6.45) is 4.62. The van der Waals surface area contributed by atoms with Crippen molar-refractivity contribution < 1.29 is 0 Å². The molecular weight excluding hydrogens is 248 g/mol. The summed E-state index contributed by atoms with van der Waals surface area (Å²) in [7, 11) is 0. The van der Waals surface area contributed by atoms with Gasteiger partial charge in [-0.05, 0) is 30.9 Å². The van der Waals surface area contributed by atoms with Crippen molar-refractivity contribution in [1.82, 2.24) is 15.0 Å². The van der Waals surface area contributed by atoms with E-state index >= 15 is 0 Å². The Balaban J connectivity index is 2.54. The lowest BCUT2D eigenvalue weighted by Gasteiger charge is -2.12. The molecule has 20 heavy (non-hydrogen) atoms. The fourth-order valence-corrected chi connectivity index (χ4v) is 2.08. The predicted molar refractivity (Wildman–Crippen MR) is 82.9 cm³/mol. The molecule has 2 heterocycles. The quantitative estimate of drug-likeness (QED) is 0.901. The molecule has 1 N–H and O–H groups in total. The van der Waals surface area contributed by atoms with E-state index in [1.807, 2.05) is 18.3 Å². The number of aromatic nitrogens is 3. The Morgan fingerprint density at radius 3 is 2.65 bits per heavy atom. The number of nitrogens with one attached hydrogen (secondary N) is 1. The van der Waals surface area contributed by atoms with Crippen molar-refractivity contribution in [2.45, 2.75) is 40.0 Å². The highest BCUT2D eigenvalue weighted by molar-refractivity contribution is 5.61. The second-order valence-corrected chi connectivity index (χ2v) is 5.07. The zero-order valence-corrected chi connectivity index (χ0v) is 12.6. The second-order valence-electron chi connectivity index (χ2n) is 5.07. The highest BCUT2D eigenvalue weighted by Crippen LogP contribution is 2.24. The van der Waals surface area contributed by atoms with E-state index in [0.29, 0.717) is 5.92 Å². The smallest absolute Gasteiger partial charge is 0.162 e. The van der Waals surface area contributed by atoms with Crippen LogP contribution in [0.5, 0.6) is 0 Å². The predicted octanol–water partition coefficient (Wildman–Crippen LogP) is 3.66. The Morgan fingerprint density at radius 2 is 2.00 bits per heavy atom. The zero-order valence-electron chi connectivity index (χ0n) is 12.6. The van der Waals surface area contributed by atoms with Crippen molar-refractivity contribution in [3.63, 3.8) is 0 Å². The van der Waals surface area contributed by atoms with Crippen molar-refractivity contribution in [1.29, 1.82) is 0 Å². The normalized spacial score (nSPS) is 10.8. The van der Waals surface area contributed by atoms with E-state index in [-0.39, 0.29) is 0 Å². The van der Waals surface area contributed by atoms with Crippen molar-refractivity contribution in [3.05, 3.63) is 35.8 Å². The first-order chi connectivity index (χ1) is 9.65. The van der Waals surface area contributed by atoms with Crippen molar-refractivity contribution in [2.24, 2.45) is 0 Å². The SMILES string of the molecule is CCNc1cc(C(C)C)nc(-c2ccncc2CC)n1. The van der Waals surface area contributed by atoms with Crippen LogP contribution in [0.2, 0.25) is 0 Å². The van der Waals surface area contributed by atoms with Gasteiger partial charge in [0.2, 0.25) is 0 Å². The summed E-state index contributed by atoms with van der Waals surface area (Å²) in [5.41, 5.74) is 3.31. The standard InChI is InChI=1S/C16H22N4/c1-5-12-10-17-8-7-13(12)16-19-14(11(3)4)9-15(20-16)18-6-2/h7-11H,5-6H2,1-4H3,(H,18,19,20). The third kappa shape index (κ3) is 3.13. The summed E-state index contributed by atoms with van der Waals surface area (Å²) in [4.78, 5) is 13.5. The molecule has 0 saturated carbocycles. The van der Waals surface area contributed by atoms with E-state index < -0.39 is 0 Å². The summed E-state index contributed by atoms with van der Waals surface area (Å²) in [6, 6.07) is 4.03. The minimum absolute atomic E-state index is 0.376. The Morgan fingerprint density at radius 1 is 1.20 bits per heavy atom. The fourth-order valence-electron chi connectivity index (χ4n) is 2.08. The molecule has 2 rings (SSSR count). The molecule has 0 radical (unpaired) electrons. The second kappa shape index (κ2) is 6.46. The van der Waals surface area contributed by atoms with Gasteiger partial charge in [-0.2, -0.15) is 0 Å². The third-order valence-electron chi connectivity index (χ3n) is 3.22. The first-order valence-corrected chi connectivity index (χ1v) is 7.21. The average Bonchev–Trinajstić information content (AvgIpc) is 2.47. The van der Waals surface area contributed by atoms with Crippen LogP contribution >= 0.6 is 0 Å². The van der Waals surface area contributed by atoms with E-state index in [1.165, 1.54) is 5.56 Å². The summed E-state index contributed by atoms with van der Waals surface area (Å²) in [6.45, 7) is 9.34. The van der Waals surface area contributed by atoms with Gasteiger partial charge in [-0.15, -0.1) is 0 Å². The minimum atomic E-state index is 0.376. The number of pyridine rings is 1. The molecule has 4 heteroatoms. The van der Waals surface area contributed by atoms with Crippen LogP contribution in [0, 0.1) is 0 Å². The number of rotatable bonds is 5. The van der Waals surface area contributed by atoms with Gasteiger partial charge in [0, 0.05) is 36.3 Å². The van der Waals surface area contributed by atoms with Gasteiger partial charge in [0.25, 0.3) is 0 Å². The number of anilines is 1. The van der Waals surface area contributed by atoms with Gasteiger partial charge < -0.3 is 5.32 Å². The number of hydrogen-bond donors (Lipinski definition) is 1. The monoisotopic (exact) mass is 270 g/mol. The molecule has 0 unspecified atom stereocenters. The topological polar surface area (TPSA) is 50.7 Å². The molecule has 0 amide bonds. The van der Waals surface area contributed by atoms with Gasteiger partial charge in [-0.3, -0.25) is 4.98 Å². The maximum Gasteiger partial charge on any atom is 0.162 e. The lowest BCUT2D eigenvalue weighted by molar-refractivity contribution is 0.816. The van der Waals surface area contributed by atoms with Gasteiger partial charge in [-0.1, -0.05) is 20.8 Å². The number of hydrogen-bond acceptors (Lipinski definition) is 4. The summed E-state index contributed by atoms with van der Waals surface area (Å²) in [5, 5.41) is 3.28. The van der Waals surface area contributed by atoms with E-state index in [0.717, 1.165) is 35.9 Å². The fraction of sp³-hybridized carbons (Fsp3) is 0.438. The van der Waals surface area contributed by atoms with Crippen molar-refractivity contribution in [2.75, 3.05) is 11.9 Å². The van der Waals surface area contributed by atoms with Crippen LogP contribution in [-0.4, -0.2) is 21.5 Å². The third-order valence-corrected chi connectivity index (χ3v) is 3.22. The molecule has 0 spiro atoms. The Labute approximate surface area is 120 Å². The van der Waals surface area contributed by atoms with Crippen LogP contribution in [0.25, 0.3) is 11.4 Å². The van der Waals surface area contributed by atoms with Crippen LogP contribution in [0.3, 0.4) is 0 Å². The molecule has 2 aromatic rings. The van der Waals surface area contributed by atoms with Gasteiger partial charge in [-0.25, -0.2) is 9.97 Å². The van der Waals surface area contributed by atoms with Gasteiger partial charge >= 0.3 is 0 Å². The van der Waals surface area contributed by atoms with Gasteiger partial charge in [0.15, 0.2) is 5.82 Å². The summed E-state index contributed by atoms with van der Waals surface area (Å²) < 4.78 is 0. The maximum absolute atomic E-state index is 4.72. The van der Waals surface area contributed by atoms with Crippen LogP contribution in [0.15, 0.2) is 24.5 Å². The van der Waals surface area contributed by atoms with Gasteiger partial charge in [0.05, 0.1) is 0 Å². The first-order valence-electron chi connectivity index (χ1n) is 7.21. The molecule has 0 aromatic carbocycles. The van der Waals surface area contributed by atoms with Crippen molar-refractivity contribution >= 4 is 5.82 Å². The Bertz CT molecular complexity index is 578. The largest absolute Gasteiger partial charge is 0.370 e. The van der Waals surface area contributed by atoms with E-state index in [4.69, 9.17) is 4.98 Å². The van der Waals surface area contributed by atoms with E-state index in [1.54, 1.807) is 6.20 Å². The van der Waals surface area contributed by atoms with E-state index in [2.05, 4.69) is 43.0 Å². The highest BCUT2D eigenvalue weighted by atomic mass is 15.0. The molecule has 0 aliphatic carbocycles. The maximum atomic E-state index is 4.72. The Kier molecular flexibility index (Phi) is 4.66. The van der Waals surface area contributed by atoms with Crippen LogP contribution in [0.4, 0.5) is 5.82 Å². The lowest BCUT2D eigenvalue weighted by Crippen LogP contribution is -2.06. The molecule has 0 fully saturated rings. The summed E-state index contributed by atoms with van der Waals surface area (Å²) in [5.74, 6) is 2.05. The molecule has 0 saturated heterocycles. The molecule has 0 bridgehead atoms. The van der Waals surface area contributed by atoms with Gasteiger partial charge in [0.1, 0.15) is 5.82 Å². The van der Waals surface area contributed by atoms with Crippen molar-refractivity contribution in [3.8, 4) is 11.4 Å². The van der Waals surface area contributed by atoms with Crippen LogP contribution in [0.1, 0.15) is 44.9 Å². The Hall–Kier alpha value is -1.97. The molecule has 0 aliphatic rings. The molecular formula is C16H22N4. The lowest BCUT2D eigenvalue weighted by atomic mass is 10.1. The molecule has 4 nitrogen and oxygen atoms in total. The highest BCUT2D eigenvalue weighted by Gasteiger charge is 2.11. The van der Waals surface area contributed by atoms with Crippen LogP contribution in [-0.2, 0) is 6.42 Å². The van der Waals surface area contributed by atoms with Crippen LogP contribution < -0.4 is 5.32 Å². The molecule has 0 aliphatic heterocycles. The minimum Gasteiger partial charge on any atom is -0.370 e. The zero-order chi connectivity index (χ0) is 14.5. The molecule has 2 aromatic heterocycles. The average molecular weight is 270 g/mol. The summed E-state index contributed by atoms with van der Waals surface area (Å²) >= 11 is 0.